The van der Waals surface area contributed by atoms with Crippen molar-refractivity contribution < 1.29 is 4.74 Å². The SMILES string of the molecule is CCNc1nc(OC)nc(N2CCCCC2C)n1. The van der Waals surface area contributed by atoms with Crippen LogP contribution in [0, 0.1) is 0 Å². The highest BCUT2D eigenvalue weighted by atomic mass is 16.5. The highest BCUT2D eigenvalue weighted by Gasteiger charge is 2.22. The number of piperidine rings is 1. The number of hydrogen-bond acceptors (Lipinski definition) is 6. The molecule has 1 fully saturated rings. The number of anilines is 2. The van der Waals surface area contributed by atoms with Crippen LogP contribution in [0.4, 0.5) is 11.9 Å². The zero-order valence-electron chi connectivity index (χ0n) is 11.3. The number of nitrogens with zero attached hydrogens (tertiary/aromatic N) is 4. The van der Waals surface area contributed by atoms with Crippen molar-refractivity contribution in [2.24, 2.45) is 0 Å². The first kappa shape index (κ1) is 12.9. The molecule has 100 valence electrons. The summed E-state index contributed by atoms with van der Waals surface area (Å²) in [4.78, 5) is 15.2. The first-order valence-electron chi connectivity index (χ1n) is 6.55. The minimum Gasteiger partial charge on any atom is -0.467 e. The molecule has 0 bridgehead atoms. The Morgan fingerprint density at radius 2 is 2.17 bits per heavy atom. The van der Waals surface area contributed by atoms with E-state index in [1.165, 1.54) is 19.3 Å². The Labute approximate surface area is 108 Å². The number of methoxy groups -OCH3 is 1. The first-order chi connectivity index (χ1) is 8.74. The van der Waals surface area contributed by atoms with Crippen molar-refractivity contribution in [2.45, 2.75) is 39.2 Å². The Hall–Kier alpha value is -1.59. The van der Waals surface area contributed by atoms with E-state index < -0.39 is 0 Å². The number of nitrogens with one attached hydrogen (secondary N) is 1. The summed E-state index contributed by atoms with van der Waals surface area (Å²) < 4.78 is 5.14. The van der Waals surface area contributed by atoms with Crippen molar-refractivity contribution in [1.29, 1.82) is 0 Å². The molecule has 0 aromatic carbocycles. The topological polar surface area (TPSA) is 63.2 Å². The summed E-state index contributed by atoms with van der Waals surface area (Å²) in [5.74, 6) is 1.29. The van der Waals surface area contributed by atoms with Gasteiger partial charge in [0, 0.05) is 19.1 Å². The molecular formula is C12H21N5O. The van der Waals surface area contributed by atoms with Crippen molar-refractivity contribution in [2.75, 3.05) is 30.4 Å². The molecule has 6 heteroatoms. The first-order valence-corrected chi connectivity index (χ1v) is 6.55. The van der Waals surface area contributed by atoms with Crippen LogP contribution in [0.15, 0.2) is 0 Å². The standard InChI is InChI=1S/C12H21N5O/c1-4-13-10-14-11(16-12(15-10)18-3)17-8-6-5-7-9(17)2/h9H,4-8H2,1-3H3,(H,13,14,15,16). The van der Waals surface area contributed by atoms with Gasteiger partial charge in [-0.05, 0) is 33.1 Å². The van der Waals surface area contributed by atoms with E-state index in [1.54, 1.807) is 7.11 Å². The maximum absolute atomic E-state index is 5.14. The molecule has 1 N–H and O–H groups in total. The lowest BCUT2D eigenvalue weighted by molar-refractivity contribution is 0.376. The Morgan fingerprint density at radius 1 is 1.33 bits per heavy atom. The highest BCUT2D eigenvalue weighted by Crippen LogP contribution is 2.23. The largest absolute Gasteiger partial charge is 0.467 e. The van der Waals surface area contributed by atoms with Crippen LogP contribution in [0.2, 0.25) is 0 Å². The molecule has 0 amide bonds. The summed E-state index contributed by atoms with van der Waals surface area (Å²) in [5.41, 5.74) is 0. The van der Waals surface area contributed by atoms with Gasteiger partial charge in [0.2, 0.25) is 11.9 Å². The quantitative estimate of drug-likeness (QED) is 0.878. The van der Waals surface area contributed by atoms with Gasteiger partial charge in [0.1, 0.15) is 0 Å². The van der Waals surface area contributed by atoms with Gasteiger partial charge in [-0.2, -0.15) is 15.0 Å². The van der Waals surface area contributed by atoms with Gasteiger partial charge in [-0.15, -0.1) is 0 Å². The Morgan fingerprint density at radius 3 is 2.83 bits per heavy atom. The monoisotopic (exact) mass is 251 g/mol. The summed E-state index contributed by atoms with van der Waals surface area (Å²) in [6.07, 6.45) is 3.65. The second-order valence-corrected chi connectivity index (χ2v) is 4.51. The predicted molar refractivity (Wildman–Crippen MR) is 71.2 cm³/mol. The zero-order valence-corrected chi connectivity index (χ0v) is 11.3. The van der Waals surface area contributed by atoms with Crippen molar-refractivity contribution in [3.05, 3.63) is 0 Å². The molecule has 0 aliphatic carbocycles. The van der Waals surface area contributed by atoms with E-state index in [1.807, 2.05) is 6.92 Å². The van der Waals surface area contributed by atoms with Crippen LogP contribution in [-0.4, -0.2) is 41.2 Å². The van der Waals surface area contributed by atoms with E-state index in [4.69, 9.17) is 4.74 Å². The third-order valence-electron chi connectivity index (χ3n) is 3.18. The fourth-order valence-corrected chi connectivity index (χ4v) is 2.20. The normalized spacial score (nSPS) is 19.7. The Balaban J connectivity index is 2.27. The van der Waals surface area contributed by atoms with Gasteiger partial charge in [-0.3, -0.25) is 0 Å². The molecule has 2 rings (SSSR count). The lowest BCUT2D eigenvalue weighted by Crippen LogP contribution is -2.38. The molecule has 1 aromatic heterocycles. The van der Waals surface area contributed by atoms with E-state index >= 15 is 0 Å². The van der Waals surface area contributed by atoms with Crippen LogP contribution in [-0.2, 0) is 0 Å². The molecular weight excluding hydrogens is 230 g/mol. The molecule has 1 unspecified atom stereocenters. The van der Waals surface area contributed by atoms with Gasteiger partial charge in [0.15, 0.2) is 0 Å². The molecule has 2 heterocycles. The van der Waals surface area contributed by atoms with Crippen LogP contribution in [0.1, 0.15) is 33.1 Å². The molecule has 1 atom stereocenters. The maximum Gasteiger partial charge on any atom is 0.322 e. The lowest BCUT2D eigenvalue weighted by atomic mass is 10.0. The second kappa shape index (κ2) is 5.84. The Kier molecular flexibility index (Phi) is 4.17. The summed E-state index contributed by atoms with van der Waals surface area (Å²) in [6.45, 7) is 6.00. The van der Waals surface area contributed by atoms with Gasteiger partial charge in [0.25, 0.3) is 0 Å². The van der Waals surface area contributed by atoms with Crippen molar-refractivity contribution >= 4 is 11.9 Å². The van der Waals surface area contributed by atoms with Crippen LogP contribution >= 0.6 is 0 Å². The minimum atomic E-state index is 0.369. The third kappa shape index (κ3) is 2.80. The van der Waals surface area contributed by atoms with E-state index in [-0.39, 0.29) is 0 Å². The average molecular weight is 251 g/mol. The zero-order chi connectivity index (χ0) is 13.0. The van der Waals surface area contributed by atoms with Crippen molar-refractivity contribution in [3.63, 3.8) is 0 Å². The highest BCUT2D eigenvalue weighted by molar-refractivity contribution is 5.39. The summed E-state index contributed by atoms with van der Waals surface area (Å²) in [6, 6.07) is 0.842. The number of ether oxygens (including phenoxy) is 1. The number of hydrogen-bond donors (Lipinski definition) is 1. The minimum absolute atomic E-state index is 0.369. The van der Waals surface area contributed by atoms with E-state index in [9.17, 15) is 0 Å². The molecule has 1 saturated heterocycles. The Bertz CT molecular complexity index is 398. The average Bonchev–Trinajstić information content (AvgIpc) is 2.39. The summed E-state index contributed by atoms with van der Waals surface area (Å²) in [7, 11) is 1.58. The van der Waals surface area contributed by atoms with Gasteiger partial charge >= 0.3 is 6.01 Å². The molecule has 1 aromatic rings. The number of rotatable bonds is 4. The summed E-state index contributed by atoms with van der Waals surface area (Å²) >= 11 is 0. The molecule has 18 heavy (non-hydrogen) atoms. The van der Waals surface area contributed by atoms with Crippen LogP contribution in [0.25, 0.3) is 0 Å². The van der Waals surface area contributed by atoms with Crippen LogP contribution in [0.3, 0.4) is 0 Å². The van der Waals surface area contributed by atoms with E-state index in [0.717, 1.165) is 13.1 Å². The fourth-order valence-electron chi connectivity index (χ4n) is 2.20. The van der Waals surface area contributed by atoms with Crippen LogP contribution in [0.5, 0.6) is 6.01 Å². The maximum atomic E-state index is 5.14. The van der Waals surface area contributed by atoms with Gasteiger partial charge in [-0.25, -0.2) is 0 Å². The molecule has 0 spiro atoms. The predicted octanol–water partition coefficient (Wildman–Crippen LogP) is 1.69. The fraction of sp³-hybridized carbons (Fsp3) is 0.750. The van der Waals surface area contributed by atoms with Crippen molar-refractivity contribution in [1.82, 2.24) is 15.0 Å². The smallest absolute Gasteiger partial charge is 0.322 e. The van der Waals surface area contributed by atoms with E-state index in [0.29, 0.717) is 23.9 Å². The molecule has 1 aliphatic heterocycles. The van der Waals surface area contributed by atoms with Crippen LogP contribution < -0.4 is 15.0 Å². The van der Waals surface area contributed by atoms with Crippen molar-refractivity contribution in [3.8, 4) is 6.01 Å². The van der Waals surface area contributed by atoms with Gasteiger partial charge in [0.05, 0.1) is 7.11 Å². The molecule has 0 radical (unpaired) electrons. The lowest BCUT2D eigenvalue weighted by Gasteiger charge is -2.33. The molecule has 6 nitrogen and oxygen atoms in total. The van der Waals surface area contributed by atoms with Gasteiger partial charge in [-0.1, -0.05) is 0 Å². The summed E-state index contributed by atoms with van der Waals surface area (Å²) in [5, 5.41) is 3.11. The molecule has 0 saturated carbocycles. The van der Waals surface area contributed by atoms with E-state index in [2.05, 4.69) is 32.1 Å². The number of aromatic nitrogens is 3. The molecule has 1 aliphatic rings. The second-order valence-electron chi connectivity index (χ2n) is 4.51. The third-order valence-corrected chi connectivity index (χ3v) is 3.18. The van der Waals surface area contributed by atoms with Gasteiger partial charge < -0.3 is 15.0 Å².